The van der Waals surface area contributed by atoms with Crippen molar-refractivity contribution < 1.29 is 9.72 Å². The van der Waals surface area contributed by atoms with Crippen molar-refractivity contribution in [2.45, 2.75) is 32.4 Å². The second-order valence-corrected chi connectivity index (χ2v) is 5.31. The minimum absolute atomic E-state index is 0.0608. The van der Waals surface area contributed by atoms with Crippen LogP contribution in [0, 0.1) is 10.1 Å². The summed E-state index contributed by atoms with van der Waals surface area (Å²) in [6.45, 7) is 3.59. The Labute approximate surface area is 134 Å². The molecule has 0 bridgehead atoms. The van der Waals surface area contributed by atoms with Crippen LogP contribution in [0.1, 0.15) is 25.3 Å². The molecule has 1 heterocycles. The number of amides is 1. The molecule has 1 saturated heterocycles. The van der Waals surface area contributed by atoms with Gasteiger partial charge in [0.15, 0.2) is 5.96 Å². The Morgan fingerprint density at radius 2 is 2.35 bits per heavy atom. The molecule has 1 aromatic carbocycles. The highest BCUT2D eigenvalue weighted by Crippen LogP contribution is 2.13. The van der Waals surface area contributed by atoms with Gasteiger partial charge in [-0.25, -0.2) is 4.99 Å². The largest absolute Gasteiger partial charge is 0.357 e. The second kappa shape index (κ2) is 8.11. The number of nitrogens with zero attached hydrogens (tertiary/aromatic N) is 2. The van der Waals surface area contributed by atoms with Gasteiger partial charge < -0.3 is 16.0 Å². The van der Waals surface area contributed by atoms with Crippen molar-refractivity contribution in [2.24, 2.45) is 4.99 Å². The normalized spacial score (nSPS) is 18.2. The van der Waals surface area contributed by atoms with Gasteiger partial charge in [-0.2, -0.15) is 0 Å². The van der Waals surface area contributed by atoms with Gasteiger partial charge in [-0.1, -0.05) is 12.1 Å². The fraction of sp³-hybridized carbons (Fsp3) is 0.467. The lowest BCUT2D eigenvalue weighted by Gasteiger charge is -2.25. The van der Waals surface area contributed by atoms with Crippen LogP contribution in [0.2, 0.25) is 0 Å². The van der Waals surface area contributed by atoms with E-state index in [1.54, 1.807) is 12.1 Å². The first-order chi connectivity index (χ1) is 11.1. The van der Waals surface area contributed by atoms with Crippen molar-refractivity contribution in [1.82, 2.24) is 16.0 Å². The maximum absolute atomic E-state index is 11.2. The number of non-ortho nitro benzene ring substituents is 1. The van der Waals surface area contributed by atoms with E-state index >= 15 is 0 Å². The van der Waals surface area contributed by atoms with E-state index in [0.717, 1.165) is 12.0 Å². The summed E-state index contributed by atoms with van der Waals surface area (Å²) in [5.74, 6) is 0.710. The van der Waals surface area contributed by atoms with Crippen molar-refractivity contribution in [2.75, 3.05) is 13.1 Å². The first-order valence-corrected chi connectivity index (χ1v) is 7.63. The monoisotopic (exact) mass is 319 g/mol. The smallest absolute Gasteiger partial charge is 0.269 e. The van der Waals surface area contributed by atoms with Crippen LogP contribution in [0.3, 0.4) is 0 Å². The molecule has 0 aliphatic carbocycles. The predicted octanol–water partition coefficient (Wildman–Crippen LogP) is 0.928. The Bertz CT molecular complexity index is 593. The summed E-state index contributed by atoms with van der Waals surface area (Å²) in [6.07, 6.45) is 1.26. The Morgan fingerprint density at radius 1 is 1.52 bits per heavy atom. The number of benzene rings is 1. The third-order valence-electron chi connectivity index (χ3n) is 3.49. The van der Waals surface area contributed by atoms with Crippen LogP contribution in [0.15, 0.2) is 29.3 Å². The number of piperidine rings is 1. The Hall–Kier alpha value is -2.64. The van der Waals surface area contributed by atoms with Crippen LogP contribution >= 0.6 is 0 Å². The lowest BCUT2D eigenvalue weighted by Crippen LogP contribution is -2.51. The highest BCUT2D eigenvalue weighted by Gasteiger charge is 2.18. The van der Waals surface area contributed by atoms with E-state index in [1.807, 2.05) is 6.92 Å². The number of nitro benzene ring substituents is 1. The van der Waals surface area contributed by atoms with Gasteiger partial charge in [0.2, 0.25) is 5.91 Å². The number of rotatable bonds is 5. The summed E-state index contributed by atoms with van der Waals surface area (Å²) in [6, 6.07) is 6.58. The Morgan fingerprint density at radius 3 is 3.00 bits per heavy atom. The Kier molecular flexibility index (Phi) is 5.90. The van der Waals surface area contributed by atoms with Gasteiger partial charge in [0.1, 0.15) is 0 Å². The molecule has 0 radical (unpaired) electrons. The quantitative estimate of drug-likeness (QED) is 0.324. The maximum atomic E-state index is 11.2. The molecule has 8 heteroatoms. The number of carbonyl (C=O) groups excluding carboxylic acids is 1. The van der Waals surface area contributed by atoms with Gasteiger partial charge in [-0.05, 0) is 18.9 Å². The van der Waals surface area contributed by atoms with E-state index in [1.165, 1.54) is 12.1 Å². The number of hydrogen-bond donors (Lipinski definition) is 3. The lowest BCUT2D eigenvalue weighted by molar-refractivity contribution is -0.384. The number of nitrogens with one attached hydrogen (secondary N) is 3. The molecule has 1 atom stereocenters. The van der Waals surface area contributed by atoms with Crippen molar-refractivity contribution in [1.29, 1.82) is 0 Å². The Balaban J connectivity index is 1.99. The van der Waals surface area contributed by atoms with Gasteiger partial charge in [-0.3, -0.25) is 14.9 Å². The molecule has 8 nitrogen and oxygen atoms in total. The zero-order valence-corrected chi connectivity index (χ0v) is 13.0. The van der Waals surface area contributed by atoms with Crippen LogP contribution in [-0.4, -0.2) is 35.9 Å². The van der Waals surface area contributed by atoms with E-state index < -0.39 is 4.92 Å². The molecule has 1 aromatic rings. The van der Waals surface area contributed by atoms with Crippen molar-refractivity contribution >= 4 is 17.6 Å². The van der Waals surface area contributed by atoms with Crippen LogP contribution < -0.4 is 16.0 Å². The average Bonchev–Trinajstić information content (AvgIpc) is 2.55. The number of nitro groups is 1. The topological polar surface area (TPSA) is 109 Å². The molecule has 0 aromatic heterocycles. The van der Waals surface area contributed by atoms with Crippen molar-refractivity contribution in [3.63, 3.8) is 0 Å². The summed E-state index contributed by atoms with van der Waals surface area (Å²) >= 11 is 0. The minimum atomic E-state index is -0.415. The molecule has 1 aliphatic rings. The van der Waals surface area contributed by atoms with Crippen molar-refractivity contribution in [3.8, 4) is 0 Å². The highest BCUT2D eigenvalue weighted by atomic mass is 16.6. The summed E-state index contributed by atoms with van der Waals surface area (Å²) < 4.78 is 0. The van der Waals surface area contributed by atoms with Gasteiger partial charge in [0, 0.05) is 37.7 Å². The lowest BCUT2D eigenvalue weighted by atomic mass is 10.1. The third kappa shape index (κ3) is 5.24. The first-order valence-electron chi connectivity index (χ1n) is 7.63. The standard InChI is InChI=1S/C15H21N5O3/c1-2-16-15(19-12-6-7-14(21)17-10-12)18-9-11-4-3-5-13(8-11)20(22)23/h3-5,8,12H,2,6-7,9-10H2,1H3,(H,17,21)(H2,16,18,19). The molecule has 0 saturated carbocycles. The molecule has 1 unspecified atom stereocenters. The van der Waals surface area contributed by atoms with E-state index in [9.17, 15) is 14.9 Å². The maximum Gasteiger partial charge on any atom is 0.269 e. The first kappa shape index (κ1) is 16.7. The van der Waals surface area contributed by atoms with Crippen LogP contribution in [0.4, 0.5) is 5.69 Å². The predicted molar refractivity (Wildman–Crippen MR) is 87.1 cm³/mol. The third-order valence-corrected chi connectivity index (χ3v) is 3.49. The number of guanidine groups is 1. The molecule has 1 amide bonds. The summed E-state index contributed by atoms with van der Waals surface area (Å²) in [4.78, 5) is 26.0. The van der Waals surface area contributed by atoms with Gasteiger partial charge in [0.05, 0.1) is 11.5 Å². The molecular formula is C15H21N5O3. The molecular weight excluding hydrogens is 298 g/mol. The minimum Gasteiger partial charge on any atom is -0.357 e. The van der Waals surface area contributed by atoms with Gasteiger partial charge in [0.25, 0.3) is 5.69 Å². The average molecular weight is 319 g/mol. The SMILES string of the molecule is CCNC(=NCc1cccc([N+](=O)[O-])c1)NC1CCC(=O)NC1. The second-order valence-electron chi connectivity index (χ2n) is 5.31. The van der Waals surface area contributed by atoms with E-state index in [-0.39, 0.29) is 17.6 Å². The molecule has 1 aliphatic heterocycles. The van der Waals surface area contributed by atoms with E-state index in [4.69, 9.17) is 0 Å². The van der Waals surface area contributed by atoms with E-state index in [2.05, 4.69) is 20.9 Å². The zero-order chi connectivity index (χ0) is 16.7. The molecule has 3 N–H and O–H groups in total. The summed E-state index contributed by atoms with van der Waals surface area (Å²) in [5.41, 5.74) is 0.832. The van der Waals surface area contributed by atoms with Gasteiger partial charge >= 0.3 is 0 Å². The molecule has 124 valence electrons. The summed E-state index contributed by atoms with van der Waals surface area (Å²) in [5, 5.41) is 20.0. The fourth-order valence-electron chi connectivity index (χ4n) is 2.31. The van der Waals surface area contributed by atoms with Crippen LogP contribution in [0.25, 0.3) is 0 Å². The molecule has 1 fully saturated rings. The zero-order valence-electron chi connectivity index (χ0n) is 13.0. The molecule has 23 heavy (non-hydrogen) atoms. The van der Waals surface area contributed by atoms with Crippen LogP contribution in [0.5, 0.6) is 0 Å². The van der Waals surface area contributed by atoms with E-state index in [0.29, 0.717) is 32.0 Å². The molecule has 2 rings (SSSR count). The highest BCUT2D eigenvalue weighted by molar-refractivity contribution is 5.81. The van der Waals surface area contributed by atoms with Gasteiger partial charge in [-0.15, -0.1) is 0 Å². The fourth-order valence-corrected chi connectivity index (χ4v) is 2.31. The van der Waals surface area contributed by atoms with Crippen LogP contribution in [-0.2, 0) is 11.3 Å². The molecule has 0 spiro atoms. The summed E-state index contributed by atoms with van der Waals surface area (Å²) in [7, 11) is 0. The number of hydrogen-bond acceptors (Lipinski definition) is 4. The van der Waals surface area contributed by atoms with Crippen molar-refractivity contribution in [3.05, 3.63) is 39.9 Å². The number of aliphatic imine (C=N–C) groups is 1. The number of carbonyl (C=O) groups is 1.